The van der Waals surface area contributed by atoms with Gasteiger partial charge < -0.3 is 14.2 Å². The van der Waals surface area contributed by atoms with Crippen molar-refractivity contribution in [1.29, 1.82) is 0 Å². The molecule has 36 heavy (non-hydrogen) atoms. The maximum Gasteiger partial charge on any atom is 0.519 e. The largest absolute Gasteiger partial charge is 0.536 e. The van der Waals surface area contributed by atoms with E-state index in [1.807, 2.05) is 80.0 Å². The number of aromatic nitrogens is 3. The number of rotatable bonds is 4. The molecule has 0 aliphatic carbocycles. The van der Waals surface area contributed by atoms with Crippen molar-refractivity contribution >= 4 is 40.1 Å². The number of benzene rings is 3. The molecule has 0 saturated carbocycles. The van der Waals surface area contributed by atoms with Gasteiger partial charge in [0.1, 0.15) is 17.1 Å². The summed E-state index contributed by atoms with van der Waals surface area (Å²) in [5.41, 5.74) is 5.01. The monoisotopic (exact) mass is 468 g/mol. The Morgan fingerprint density at radius 2 is 1.64 bits per heavy atom. The Morgan fingerprint density at radius 1 is 0.778 bits per heavy atom. The Hall–Kier alpha value is -4.78. The van der Waals surface area contributed by atoms with Gasteiger partial charge in [-0.1, -0.05) is 42.5 Å². The number of fused-ring (bicyclic) bond motifs is 4. The van der Waals surface area contributed by atoms with Crippen molar-refractivity contribution < 1.29 is 9.39 Å². The standard InChI is InChI=1S/C29H21BN4O2/c1-33-26-13-4-5-14-27(26)36-30(33)20-8-6-9-22(18-20)35-28-19-21(15-17-31-28)34-25-12-3-2-10-23(25)24-11-7-16-32-29(24)34/h2-19H,1H3. The topological polar surface area (TPSA) is 52.4 Å². The zero-order chi connectivity index (χ0) is 24.1. The smallest absolute Gasteiger partial charge is 0.519 e. The van der Waals surface area contributed by atoms with Gasteiger partial charge in [0, 0.05) is 29.2 Å². The minimum absolute atomic E-state index is 0.214. The lowest BCUT2D eigenvalue weighted by atomic mass is 9.72. The van der Waals surface area contributed by atoms with Gasteiger partial charge in [-0.05, 0) is 61.0 Å². The van der Waals surface area contributed by atoms with Crippen LogP contribution >= 0.6 is 0 Å². The van der Waals surface area contributed by atoms with Crippen LogP contribution in [0, 0.1) is 0 Å². The fraction of sp³-hybridized carbons (Fsp3) is 0.0345. The zero-order valence-corrected chi connectivity index (χ0v) is 19.6. The number of nitrogens with zero attached hydrogens (tertiary/aromatic N) is 4. The van der Waals surface area contributed by atoms with Gasteiger partial charge in [-0.15, -0.1) is 0 Å². The second kappa shape index (κ2) is 8.17. The first-order valence-corrected chi connectivity index (χ1v) is 11.8. The van der Waals surface area contributed by atoms with Crippen LogP contribution in [0.1, 0.15) is 0 Å². The molecule has 0 atom stereocenters. The molecule has 172 valence electrons. The molecule has 0 saturated heterocycles. The molecule has 0 radical (unpaired) electrons. The van der Waals surface area contributed by atoms with E-state index >= 15 is 0 Å². The second-order valence-corrected chi connectivity index (χ2v) is 8.80. The number of para-hydroxylation sites is 3. The molecule has 6 nitrogen and oxygen atoms in total. The molecule has 0 spiro atoms. The highest BCUT2D eigenvalue weighted by atomic mass is 16.5. The lowest BCUT2D eigenvalue weighted by molar-refractivity contribution is 0.463. The summed E-state index contributed by atoms with van der Waals surface area (Å²) in [4.78, 5) is 11.3. The van der Waals surface area contributed by atoms with Crippen LogP contribution in [0.15, 0.2) is 109 Å². The summed E-state index contributed by atoms with van der Waals surface area (Å²) >= 11 is 0. The average molecular weight is 468 g/mol. The van der Waals surface area contributed by atoms with Gasteiger partial charge in [-0.2, -0.15) is 0 Å². The molecule has 0 bridgehead atoms. The lowest BCUT2D eigenvalue weighted by Gasteiger charge is -2.17. The van der Waals surface area contributed by atoms with E-state index in [9.17, 15) is 0 Å². The Kier molecular flexibility index (Phi) is 4.67. The second-order valence-electron chi connectivity index (χ2n) is 8.80. The molecule has 1 aliphatic heterocycles. The fourth-order valence-electron chi connectivity index (χ4n) is 4.97. The van der Waals surface area contributed by atoms with Crippen LogP contribution in [-0.4, -0.2) is 28.6 Å². The summed E-state index contributed by atoms with van der Waals surface area (Å²) in [6.07, 6.45) is 3.59. The van der Waals surface area contributed by atoms with E-state index in [4.69, 9.17) is 9.39 Å². The summed E-state index contributed by atoms with van der Waals surface area (Å²) in [5, 5.41) is 2.27. The number of anilines is 1. The predicted molar refractivity (Wildman–Crippen MR) is 144 cm³/mol. The van der Waals surface area contributed by atoms with Crippen molar-refractivity contribution in [2.75, 3.05) is 11.9 Å². The fourth-order valence-corrected chi connectivity index (χ4v) is 4.97. The first kappa shape index (κ1) is 20.6. The van der Waals surface area contributed by atoms with E-state index in [0.29, 0.717) is 11.6 Å². The minimum Gasteiger partial charge on any atom is -0.536 e. The molecule has 3 aromatic carbocycles. The van der Waals surface area contributed by atoms with Crippen molar-refractivity contribution in [3.8, 4) is 23.1 Å². The van der Waals surface area contributed by atoms with E-state index < -0.39 is 0 Å². The Bertz CT molecular complexity index is 1700. The molecule has 7 rings (SSSR count). The highest BCUT2D eigenvalue weighted by molar-refractivity contribution is 6.73. The third-order valence-electron chi connectivity index (χ3n) is 6.61. The highest BCUT2D eigenvalue weighted by Gasteiger charge is 2.35. The third-order valence-corrected chi connectivity index (χ3v) is 6.61. The summed E-state index contributed by atoms with van der Waals surface area (Å²) in [5.74, 6) is 2.09. The normalized spacial score (nSPS) is 12.7. The quantitative estimate of drug-likeness (QED) is 0.316. The molecule has 4 heterocycles. The van der Waals surface area contributed by atoms with Gasteiger partial charge in [0.15, 0.2) is 0 Å². The van der Waals surface area contributed by atoms with E-state index in [0.717, 1.165) is 44.5 Å². The van der Waals surface area contributed by atoms with Crippen molar-refractivity contribution in [2.24, 2.45) is 0 Å². The van der Waals surface area contributed by atoms with Gasteiger partial charge >= 0.3 is 7.05 Å². The van der Waals surface area contributed by atoms with Gasteiger partial charge in [0.05, 0.1) is 16.9 Å². The van der Waals surface area contributed by atoms with Gasteiger partial charge in [0.25, 0.3) is 0 Å². The summed E-state index contributed by atoms with van der Waals surface area (Å²) in [7, 11) is 1.82. The molecule has 0 N–H and O–H groups in total. The molecule has 7 heteroatoms. The summed E-state index contributed by atoms with van der Waals surface area (Å²) in [6.45, 7) is 0. The van der Waals surface area contributed by atoms with Crippen LogP contribution in [0.4, 0.5) is 5.69 Å². The van der Waals surface area contributed by atoms with Crippen molar-refractivity contribution in [1.82, 2.24) is 14.5 Å². The highest BCUT2D eigenvalue weighted by Crippen LogP contribution is 2.35. The lowest BCUT2D eigenvalue weighted by Crippen LogP contribution is -2.47. The van der Waals surface area contributed by atoms with Crippen LogP contribution in [0.5, 0.6) is 17.4 Å². The van der Waals surface area contributed by atoms with Crippen molar-refractivity contribution in [2.45, 2.75) is 0 Å². The average Bonchev–Trinajstić information content (AvgIpc) is 3.44. The molecular formula is C29H21BN4O2. The van der Waals surface area contributed by atoms with E-state index in [1.165, 1.54) is 0 Å². The first-order valence-electron chi connectivity index (χ1n) is 11.8. The van der Waals surface area contributed by atoms with Crippen LogP contribution in [0.25, 0.3) is 27.6 Å². The maximum absolute atomic E-state index is 6.23. The number of hydrogen-bond acceptors (Lipinski definition) is 5. The van der Waals surface area contributed by atoms with Crippen LogP contribution in [0.2, 0.25) is 0 Å². The molecule has 0 amide bonds. The summed E-state index contributed by atoms with van der Waals surface area (Å²) in [6, 6.07) is 32.3. The Balaban J connectivity index is 1.23. The van der Waals surface area contributed by atoms with E-state index in [1.54, 1.807) is 6.20 Å². The van der Waals surface area contributed by atoms with Gasteiger partial charge in [-0.3, -0.25) is 4.57 Å². The maximum atomic E-state index is 6.23. The molecule has 1 aliphatic rings. The molecular weight excluding hydrogens is 447 g/mol. The molecule has 3 aromatic heterocycles. The number of ether oxygens (including phenoxy) is 1. The molecule has 0 fully saturated rings. The third kappa shape index (κ3) is 3.28. The predicted octanol–water partition coefficient (Wildman–Crippen LogP) is 5.59. The zero-order valence-electron chi connectivity index (χ0n) is 19.6. The Morgan fingerprint density at radius 3 is 2.58 bits per heavy atom. The summed E-state index contributed by atoms with van der Waals surface area (Å²) < 4.78 is 14.6. The minimum atomic E-state index is -0.214. The van der Waals surface area contributed by atoms with Gasteiger partial charge in [-0.25, -0.2) is 9.97 Å². The van der Waals surface area contributed by atoms with E-state index in [2.05, 4.69) is 49.7 Å². The van der Waals surface area contributed by atoms with Crippen LogP contribution < -0.4 is 19.7 Å². The van der Waals surface area contributed by atoms with Crippen LogP contribution in [-0.2, 0) is 0 Å². The number of pyridine rings is 2. The van der Waals surface area contributed by atoms with Gasteiger partial charge in [0.2, 0.25) is 5.88 Å². The Labute approximate surface area is 208 Å². The first-order chi connectivity index (χ1) is 17.8. The SMILES string of the molecule is CN1B(c2cccc(Oc3cc(-n4c5ccccc5c5cccnc54)ccn3)c2)Oc2ccccc21. The van der Waals surface area contributed by atoms with Crippen molar-refractivity contribution in [3.05, 3.63) is 109 Å². The van der Waals surface area contributed by atoms with E-state index in [-0.39, 0.29) is 7.05 Å². The molecule has 6 aromatic rings. The van der Waals surface area contributed by atoms with Crippen molar-refractivity contribution in [3.63, 3.8) is 0 Å². The van der Waals surface area contributed by atoms with Crippen LogP contribution in [0.3, 0.4) is 0 Å². The number of hydrogen-bond donors (Lipinski definition) is 0. The molecule has 0 unspecified atom stereocenters.